The second-order valence-corrected chi connectivity index (χ2v) is 2.40. The Morgan fingerprint density at radius 2 is 1.91 bits per heavy atom. The third kappa shape index (κ3) is 2.70. The summed E-state index contributed by atoms with van der Waals surface area (Å²) in [6.45, 7) is 2.30. The molecule has 0 heterocycles. The highest BCUT2D eigenvalue weighted by Crippen LogP contribution is 2.06. The van der Waals surface area contributed by atoms with E-state index in [0.717, 1.165) is 6.42 Å². The number of aliphatic hydroxyl groups excluding tert-OH is 1. The van der Waals surface area contributed by atoms with Crippen molar-refractivity contribution in [2.75, 3.05) is 6.61 Å². The summed E-state index contributed by atoms with van der Waals surface area (Å²) in [4.78, 5) is 0. The van der Waals surface area contributed by atoms with Crippen LogP contribution in [0.25, 0.3) is 0 Å². The van der Waals surface area contributed by atoms with Crippen LogP contribution in [0.2, 0.25) is 0 Å². The lowest BCUT2D eigenvalue weighted by molar-refractivity contribution is 0.299. The summed E-state index contributed by atoms with van der Waals surface area (Å²) in [6.07, 6.45) is 0.771. The smallest absolute Gasteiger partial charge is 0.0471 e. The zero-order valence-corrected chi connectivity index (χ0v) is 6.67. The average Bonchev–Trinajstić information content (AvgIpc) is 1.94. The first-order chi connectivity index (χ1) is 4.84. The lowest BCUT2D eigenvalue weighted by Crippen LogP contribution is -1.92. The molecule has 1 rings (SSSR count). The summed E-state index contributed by atoms with van der Waals surface area (Å²) in [7, 11) is 0. The molecule has 0 saturated heterocycles. The summed E-state index contributed by atoms with van der Waals surface area (Å²) in [6, 6.07) is 8.12. The maximum atomic E-state index is 8.64. The van der Waals surface area contributed by atoms with Crippen LogP contribution in [0.4, 0.5) is 0 Å². The van der Waals surface area contributed by atoms with E-state index in [1.807, 2.05) is 18.2 Å². The molecule has 1 aromatic rings. The van der Waals surface area contributed by atoms with Crippen molar-refractivity contribution >= 4 is 0 Å². The zero-order chi connectivity index (χ0) is 7.40. The van der Waals surface area contributed by atoms with Gasteiger partial charge in [0.2, 0.25) is 0 Å². The van der Waals surface area contributed by atoms with Crippen LogP contribution in [-0.2, 0) is 6.42 Å². The van der Waals surface area contributed by atoms with Gasteiger partial charge in [-0.05, 0) is 24.5 Å². The van der Waals surface area contributed by atoms with Gasteiger partial charge in [-0.2, -0.15) is 0 Å². The van der Waals surface area contributed by atoms with E-state index in [4.69, 9.17) is 5.11 Å². The summed E-state index contributed by atoms with van der Waals surface area (Å²) in [5.41, 5.74) is 2.50. The molecule has 0 bridgehead atoms. The highest BCUT2D eigenvalue weighted by atomic mass is 16.2. The fraction of sp³-hybridized carbons (Fsp3) is 0.333. The van der Waals surface area contributed by atoms with Gasteiger partial charge in [-0.1, -0.05) is 24.3 Å². The van der Waals surface area contributed by atoms with Gasteiger partial charge >= 0.3 is 0 Å². The minimum absolute atomic E-state index is 0. The molecule has 0 saturated carbocycles. The number of rotatable bonds is 2. The van der Waals surface area contributed by atoms with Gasteiger partial charge in [-0.3, -0.25) is 0 Å². The standard InChI is InChI=1S/C9H12O.H2O/c1-8-4-2-3-5-9(8)6-7-10;/h2-5,10H,6-7H2,1H3;1H2. The highest BCUT2D eigenvalue weighted by molar-refractivity contribution is 5.25. The second-order valence-electron chi connectivity index (χ2n) is 2.40. The van der Waals surface area contributed by atoms with E-state index < -0.39 is 0 Å². The predicted molar refractivity (Wildman–Crippen MR) is 45.6 cm³/mol. The van der Waals surface area contributed by atoms with Crippen LogP contribution < -0.4 is 0 Å². The van der Waals surface area contributed by atoms with E-state index in [1.54, 1.807) is 0 Å². The van der Waals surface area contributed by atoms with Crippen LogP contribution in [0, 0.1) is 6.92 Å². The van der Waals surface area contributed by atoms with E-state index in [-0.39, 0.29) is 12.1 Å². The van der Waals surface area contributed by atoms with Crippen LogP contribution in [0.3, 0.4) is 0 Å². The molecule has 62 valence electrons. The second kappa shape index (κ2) is 4.88. The van der Waals surface area contributed by atoms with E-state index in [1.165, 1.54) is 11.1 Å². The molecule has 11 heavy (non-hydrogen) atoms. The summed E-state index contributed by atoms with van der Waals surface area (Å²) in [5.74, 6) is 0. The Hall–Kier alpha value is -0.860. The van der Waals surface area contributed by atoms with Crippen LogP contribution in [0.5, 0.6) is 0 Å². The molecule has 0 radical (unpaired) electrons. The quantitative estimate of drug-likeness (QED) is 0.670. The van der Waals surface area contributed by atoms with Crippen molar-refractivity contribution in [3.05, 3.63) is 35.4 Å². The van der Waals surface area contributed by atoms with Crippen molar-refractivity contribution in [3.63, 3.8) is 0 Å². The maximum Gasteiger partial charge on any atom is 0.0471 e. The zero-order valence-electron chi connectivity index (χ0n) is 6.67. The Balaban J connectivity index is 0.000001000. The molecule has 2 heteroatoms. The van der Waals surface area contributed by atoms with Gasteiger partial charge < -0.3 is 10.6 Å². The molecule has 0 aliphatic carbocycles. The van der Waals surface area contributed by atoms with E-state index in [2.05, 4.69) is 13.0 Å². The van der Waals surface area contributed by atoms with Crippen molar-refractivity contribution in [2.24, 2.45) is 0 Å². The van der Waals surface area contributed by atoms with E-state index >= 15 is 0 Å². The highest BCUT2D eigenvalue weighted by Gasteiger charge is 1.93. The molecule has 0 aliphatic heterocycles. The van der Waals surface area contributed by atoms with Crippen LogP contribution in [0.1, 0.15) is 11.1 Å². The van der Waals surface area contributed by atoms with Gasteiger partial charge in [0.1, 0.15) is 0 Å². The summed E-state index contributed by atoms with van der Waals surface area (Å²) in [5, 5.41) is 8.64. The Kier molecular flexibility index (Phi) is 4.50. The Bertz CT molecular complexity index is 208. The number of aliphatic hydroxyl groups is 1. The van der Waals surface area contributed by atoms with Gasteiger partial charge in [-0.15, -0.1) is 0 Å². The Labute approximate surface area is 66.8 Å². The van der Waals surface area contributed by atoms with Gasteiger partial charge in [0.25, 0.3) is 0 Å². The molecule has 0 aromatic heterocycles. The number of hydrogen-bond acceptors (Lipinski definition) is 1. The largest absolute Gasteiger partial charge is 0.412 e. The molecule has 2 nitrogen and oxygen atoms in total. The summed E-state index contributed by atoms with van der Waals surface area (Å²) < 4.78 is 0. The SMILES string of the molecule is Cc1ccccc1CCO.O. The average molecular weight is 154 g/mol. The minimum atomic E-state index is 0. The number of benzene rings is 1. The van der Waals surface area contributed by atoms with Gasteiger partial charge in [0, 0.05) is 6.61 Å². The summed E-state index contributed by atoms with van der Waals surface area (Å²) >= 11 is 0. The predicted octanol–water partition coefficient (Wildman–Crippen LogP) is 0.705. The normalized spacial score (nSPS) is 8.91. The minimum Gasteiger partial charge on any atom is -0.412 e. The maximum absolute atomic E-state index is 8.64. The van der Waals surface area contributed by atoms with E-state index in [9.17, 15) is 0 Å². The van der Waals surface area contributed by atoms with Crippen LogP contribution in [-0.4, -0.2) is 17.2 Å². The molecule has 0 aliphatic rings. The van der Waals surface area contributed by atoms with Gasteiger partial charge in [0.05, 0.1) is 0 Å². The first-order valence-corrected chi connectivity index (χ1v) is 3.50. The lowest BCUT2D eigenvalue weighted by Gasteiger charge is -2.00. The van der Waals surface area contributed by atoms with Crippen molar-refractivity contribution < 1.29 is 10.6 Å². The molecule has 1 aromatic carbocycles. The van der Waals surface area contributed by atoms with Crippen LogP contribution >= 0.6 is 0 Å². The molecule has 0 spiro atoms. The Morgan fingerprint density at radius 3 is 2.45 bits per heavy atom. The van der Waals surface area contributed by atoms with Gasteiger partial charge in [0.15, 0.2) is 0 Å². The van der Waals surface area contributed by atoms with Crippen molar-refractivity contribution in [1.29, 1.82) is 0 Å². The molecule has 3 N–H and O–H groups in total. The van der Waals surface area contributed by atoms with Crippen molar-refractivity contribution in [3.8, 4) is 0 Å². The van der Waals surface area contributed by atoms with Crippen molar-refractivity contribution in [1.82, 2.24) is 0 Å². The third-order valence-electron chi connectivity index (χ3n) is 1.64. The molecular formula is C9H14O2. The number of hydrogen-bond donors (Lipinski definition) is 1. The van der Waals surface area contributed by atoms with Crippen molar-refractivity contribution in [2.45, 2.75) is 13.3 Å². The lowest BCUT2D eigenvalue weighted by atomic mass is 10.1. The van der Waals surface area contributed by atoms with Gasteiger partial charge in [-0.25, -0.2) is 0 Å². The first kappa shape index (κ1) is 10.1. The fourth-order valence-electron chi connectivity index (χ4n) is 1.01. The van der Waals surface area contributed by atoms with E-state index in [0.29, 0.717) is 0 Å². The fourth-order valence-corrected chi connectivity index (χ4v) is 1.01. The van der Waals surface area contributed by atoms with Crippen LogP contribution in [0.15, 0.2) is 24.3 Å². The molecule has 0 fully saturated rings. The first-order valence-electron chi connectivity index (χ1n) is 3.50. The molecular weight excluding hydrogens is 140 g/mol. The topological polar surface area (TPSA) is 51.7 Å². The monoisotopic (exact) mass is 154 g/mol. The Morgan fingerprint density at radius 1 is 1.27 bits per heavy atom. The molecule has 0 atom stereocenters. The third-order valence-corrected chi connectivity index (χ3v) is 1.64. The number of aryl methyl sites for hydroxylation is 1. The molecule has 0 amide bonds. The molecule has 0 unspecified atom stereocenters.